The Balaban J connectivity index is 0.000000908. The van der Waals surface area contributed by atoms with Gasteiger partial charge in [-0.15, -0.1) is 0 Å². The molecule has 1 atom stereocenters. The van der Waals surface area contributed by atoms with Crippen LogP contribution >= 0.6 is 7.60 Å². The molecule has 0 aliphatic carbocycles. The van der Waals surface area contributed by atoms with Crippen molar-refractivity contribution in [3.63, 3.8) is 0 Å². The molecule has 0 aliphatic heterocycles. The van der Waals surface area contributed by atoms with E-state index in [1.54, 1.807) is 13.8 Å². The summed E-state index contributed by atoms with van der Waals surface area (Å²) in [6.07, 6.45) is 3.47. The van der Waals surface area contributed by atoms with Crippen LogP contribution in [0.2, 0.25) is 0 Å². The maximum Gasteiger partial charge on any atom is 3.00 e. The van der Waals surface area contributed by atoms with Gasteiger partial charge in [0.1, 0.15) is 0 Å². The summed E-state index contributed by atoms with van der Waals surface area (Å²) in [5.41, 5.74) is 2.93. The number of aliphatic hydroxyl groups excluding tert-OH is 1. The number of aliphatic hydroxyl groups is 1. The molecule has 0 bridgehead atoms. The van der Waals surface area contributed by atoms with Crippen LogP contribution in [0.5, 0.6) is 0 Å². The maximum absolute atomic E-state index is 12.7. The van der Waals surface area contributed by atoms with Crippen molar-refractivity contribution in [2.24, 2.45) is 0 Å². The Labute approximate surface area is 238 Å². The third kappa shape index (κ3) is 15.7. The van der Waals surface area contributed by atoms with Crippen LogP contribution < -0.4 is 0 Å². The van der Waals surface area contributed by atoms with Crippen LogP contribution in [-0.4, -0.2) is 18.3 Å². The number of rotatable bonds is 12. The van der Waals surface area contributed by atoms with E-state index in [1.165, 1.54) is 0 Å². The molecule has 3 aromatic carbocycles. The topological polar surface area (TPSA) is 55.8 Å². The minimum Gasteiger partial charge on any atom is -0.388 e. The summed E-state index contributed by atoms with van der Waals surface area (Å²) in [5.74, 6) is 3.01. The molecule has 4 nitrogen and oxygen atoms in total. The zero-order valence-electron chi connectivity index (χ0n) is 22.2. The van der Waals surface area contributed by atoms with E-state index in [-0.39, 0.29) is 26.2 Å². The van der Waals surface area contributed by atoms with Crippen molar-refractivity contribution in [3.8, 4) is 0 Å². The van der Waals surface area contributed by atoms with Gasteiger partial charge in [0.25, 0.3) is 0 Å². The Morgan fingerprint density at radius 3 is 1.86 bits per heavy atom. The molecular formula is C30H42O4PZr. The van der Waals surface area contributed by atoms with Crippen molar-refractivity contribution in [3.05, 3.63) is 107 Å². The van der Waals surface area contributed by atoms with Gasteiger partial charge in [-0.05, 0) is 38.3 Å². The minimum absolute atomic E-state index is 0. The van der Waals surface area contributed by atoms with E-state index in [0.717, 1.165) is 36.0 Å². The molecule has 0 heterocycles. The molecule has 0 saturated heterocycles. The first-order valence-corrected chi connectivity index (χ1v) is 14.1. The van der Waals surface area contributed by atoms with Crippen LogP contribution in [0.1, 0.15) is 70.1 Å². The van der Waals surface area contributed by atoms with E-state index < -0.39 is 13.7 Å². The first kappa shape index (κ1) is 34.7. The number of allylic oxidation sites excluding steroid dienone is 1. The molecule has 6 heteroatoms. The molecule has 3 aromatic rings. The average molecular weight is 589 g/mol. The molecule has 36 heavy (non-hydrogen) atoms. The standard InChI is InChI=1S/C20H32O4P.2C5H5.Zr/c1-5-8-12-18(16-25(22,23-6-2)24-7-3)14-15-20(21)19-13-10-9-11-17(19)4;2*1-2-4-5-3-1;/h9-11,13,20-21H,5-8,12,14-15H2,1-4H3;2*1-5H;/q3*-1;+3. The van der Waals surface area contributed by atoms with Gasteiger partial charge < -0.3 is 20.0 Å². The molecular weight excluding hydrogens is 547 g/mol. The molecule has 1 unspecified atom stereocenters. The van der Waals surface area contributed by atoms with Crippen molar-refractivity contribution >= 4 is 7.60 Å². The molecule has 0 spiro atoms. The van der Waals surface area contributed by atoms with Gasteiger partial charge in [0.15, 0.2) is 7.60 Å². The van der Waals surface area contributed by atoms with Gasteiger partial charge >= 0.3 is 26.2 Å². The molecule has 0 aliphatic rings. The Kier molecular flexibility index (Phi) is 20.9. The Morgan fingerprint density at radius 2 is 1.44 bits per heavy atom. The molecule has 0 saturated carbocycles. The summed E-state index contributed by atoms with van der Waals surface area (Å²) in [7, 11) is -3.33. The van der Waals surface area contributed by atoms with Gasteiger partial charge in [0.05, 0.1) is 19.3 Å². The molecule has 0 fully saturated rings. The van der Waals surface area contributed by atoms with E-state index in [9.17, 15) is 9.67 Å². The third-order valence-electron chi connectivity index (χ3n) is 5.10. The molecule has 0 amide bonds. The summed E-state index contributed by atoms with van der Waals surface area (Å²) in [4.78, 5) is 0. The van der Waals surface area contributed by atoms with Crippen molar-refractivity contribution in [1.29, 1.82) is 0 Å². The number of benzene rings is 1. The Morgan fingerprint density at radius 1 is 0.917 bits per heavy atom. The number of hydrogen-bond acceptors (Lipinski definition) is 4. The second kappa shape index (κ2) is 21.7. The van der Waals surface area contributed by atoms with Crippen LogP contribution in [0.15, 0.2) is 90.5 Å². The molecule has 3 rings (SSSR count). The third-order valence-corrected chi connectivity index (χ3v) is 6.89. The van der Waals surface area contributed by atoms with Crippen LogP contribution in [0, 0.1) is 12.7 Å². The zero-order valence-corrected chi connectivity index (χ0v) is 25.6. The van der Waals surface area contributed by atoms with Gasteiger partial charge in [-0.3, -0.25) is 4.57 Å². The van der Waals surface area contributed by atoms with Crippen LogP contribution in [0.4, 0.5) is 0 Å². The van der Waals surface area contributed by atoms with E-state index in [4.69, 9.17) is 9.05 Å². The van der Waals surface area contributed by atoms with Gasteiger partial charge in [-0.1, -0.05) is 56.9 Å². The van der Waals surface area contributed by atoms with Crippen LogP contribution in [-0.2, 0) is 39.8 Å². The fraction of sp³-hybridized carbons (Fsp3) is 0.400. The first-order chi connectivity index (χ1) is 17.0. The second-order valence-corrected chi connectivity index (χ2v) is 9.72. The molecule has 0 aromatic heterocycles. The SMILES string of the molecule is CCCCC(=[C-]P(=O)(OCC)OCC)CCC(O)c1ccccc1C.[Zr+3].c1cc[cH-]c1.c1cc[cH-]c1. The summed E-state index contributed by atoms with van der Waals surface area (Å²) in [5, 5.41) is 10.5. The molecule has 1 radical (unpaired) electrons. The zero-order chi connectivity index (χ0) is 25.8. The van der Waals surface area contributed by atoms with Crippen molar-refractivity contribution in [2.75, 3.05) is 13.2 Å². The summed E-state index contributed by atoms with van der Waals surface area (Å²) >= 11 is 0. The van der Waals surface area contributed by atoms with E-state index >= 15 is 0 Å². The van der Waals surface area contributed by atoms with Crippen molar-refractivity contribution in [1.82, 2.24) is 0 Å². The van der Waals surface area contributed by atoms with Crippen LogP contribution in [0.3, 0.4) is 0 Å². The Hall–Kier alpha value is -1.35. The summed E-state index contributed by atoms with van der Waals surface area (Å²) in [6.45, 7) is 8.33. The minimum atomic E-state index is -3.33. The quantitative estimate of drug-likeness (QED) is 0.170. The number of hydrogen-bond donors (Lipinski definition) is 1. The summed E-state index contributed by atoms with van der Waals surface area (Å²) in [6, 6.07) is 27.8. The van der Waals surface area contributed by atoms with Crippen molar-refractivity contribution < 1.29 is 44.9 Å². The van der Waals surface area contributed by atoms with Gasteiger partial charge in [-0.2, -0.15) is 36.4 Å². The molecule has 195 valence electrons. The average Bonchev–Trinajstić information content (AvgIpc) is 3.60. The second-order valence-electron chi connectivity index (χ2n) is 7.99. The van der Waals surface area contributed by atoms with Gasteiger partial charge in [-0.25, -0.2) is 29.8 Å². The van der Waals surface area contributed by atoms with Gasteiger partial charge in [0, 0.05) is 0 Å². The predicted octanol–water partition coefficient (Wildman–Crippen LogP) is 8.76. The number of aryl methyl sites for hydroxylation is 1. The normalized spacial score (nSPS) is 11.9. The first-order valence-electron chi connectivity index (χ1n) is 12.5. The fourth-order valence-electron chi connectivity index (χ4n) is 3.33. The smallest absolute Gasteiger partial charge is 0.388 e. The fourth-order valence-corrected chi connectivity index (χ4v) is 4.83. The number of unbranched alkanes of at least 4 members (excludes halogenated alkanes) is 1. The van der Waals surface area contributed by atoms with Crippen molar-refractivity contribution in [2.45, 2.75) is 65.9 Å². The largest absolute Gasteiger partial charge is 3.00 e. The van der Waals surface area contributed by atoms with Crippen LogP contribution in [0.25, 0.3) is 0 Å². The van der Waals surface area contributed by atoms with E-state index in [0.29, 0.717) is 26.1 Å². The predicted molar refractivity (Wildman–Crippen MR) is 147 cm³/mol. The Bertz CT molecular complexity index is 865. The maximum atomic E-state index is 12.7. The van der Waals surface area contributed by atoms with Gasteiger partial charge in [0.2, 0.25) is 0 Å². The summed E-state index contributed by atoms with van der Waals surface area (Å²) < 4.78 is 23.4. The monoisotopic (exact) mass is 587 g/mol. The van der Waals surface area contributed by atoms with E-state index in [1.807, 2.05) is 91.9 Å². The van der Waals surface area contributed by atoms with E-state index in [2.05, 4.69) is 12.7 Å². The molecule has 1 N–H and O–H groups in total.